The number of carbonyl (C=O) groups excluding carboxylic acids is 2. The third-order valence-electron chi connectivity index (χ3n) is 6.31. The van der Waals surface area contributed by atoms with Crippen LogP contribution < -0.4 is 5.11 Å². The number of carboxylic acid groups (broad SMARTS) is 1. The van der Waals surface area contributed by atoms with Crippen molar-refractivity contribution in [2.24, 2.45) is 29.6 Å². The zero-order chi connectivity index (χ0) is 17.4. The molecule has 0 unspecified atom stereocenters. The normalized spacial score (nSPS) is 31.4. The Labute approximate surface area is 148 Å². The predicted molar refractivity (Wildman–Crippen MR) is 92.2 cm³/mol. The third-order valence-corrected chi connectivity index (χ3v) is 6.31. The summed E-state index contributed by atoms with van der Waals surface area (Å²) in [5.41, 5.74) is 1.35. The highest BCUT2D eigenvalue weighted by atomic mass is 16.4. The highest BCUT2D eigenvalue weighted by Crippen LogP contribution is 2.48. The number of fused-ring (bicyclic) bond motifs is 2. The summed E-state index contributed by atoms with van der Waals surface area (Å²) in [4.78, 5) is 26.4. The van der Waals surface area contributed by atoms with Gasteiger partial charge in [0.25, 0.3) is 0 Å². The molecule has 1 saturated carbocycles. The molecule has 2 fully saturated rings. The molecule has 1 aromatic carbocycles. The molecule has 1 aliphatic heterocycles. The van der Waals surface area contributed by atoms with Crippen LogP contribution in [0.5, 0.6) is 0 Å². The number of benzene rings is 1. The van der Waals surface area contributed by atoms with Crippen molar-refractivity contribution in [1.29, 1.82) is 0 Å². The molecule has 3 aliphatic rings. The van der Waals surface area contributed by atoms with Gasteiger partial charge in [-0.3, -0.25) is 4.79 Å². The van der Waals surface area contributed by atoms with E-state index in [0.717, 1.165) is 38.8 Å². The van der Waals surface area contributed by atoms with Gasteiger partial charge in [-0.1, -0.05) is 42.5 Å². The number of rotatable bonds is 4. The minimum absolute atomic E-state index is 0.0143. The van der Waals surface area contributed by atoms with E-state index in [1.54, 1.807) is 0 Å². The predicted octanol–water partition coefficient (Wildman–Crippen LogP) is 1.66. The third kappa shape index (κ3) is 3.10. The molecule has 4 heteroatoms. The van der Waals surface area contributed by atoms with Gasteiger partial charge in [-0.2, -0.15) is 0 Å². The Balaban J connectivity index is 1.37. The van der Waals surface area contributed by atoms with Crippen LogP contribution >= 0.6 is 0 Å². The van der Waals surface area contributed by atoms with Crippen LogP contribution in [-0.4, -0.2) is 29.9 Å². The van der Waals surface area contributed by atoms with E-state index in [-0.39, 0.29) is 17.7 Å². The highest BCUT2D eigenvalue weighted by Gasteiger charge is 2.50. The smallest absolute Gasteiger partial charge is 0.226 e. The molecule has 1 saturated heterocycles. The van der Waals surface area contributed by atoms with E-state index < -0.39 is 17.8 Å². The first kappa shape index (κ1) is 16.4. The molecular formula is C21H24NO3-. The van der Waals surface area contributed by atoms with E-state index in [0.29, 0.717) is 5.92 Å². The van der Waals surface area contributed by atoms with E-state index >= 15 is 0 Å². The van der Waals surface area contributed by atoms with Gasteiger partial charge in [0, 0.05) is 25.0 Å². The van der Waals surface area contributed by atoms with E-state index in [4.69, 9.17) is 0 Å². The molecule has 1 amide bonds. The molecule has 4 rings (SSSR count). The van der Waals surface area contributed by atoms with Crippen molar-refractivity contribution in [1.82, 2.24) is 4.90 Å². The SMILES string of the molecule is O=C([O-])[C@@H]1[C@H](C(=O)N2CCC(Cc3ccccc3)CC2)[C@@H]2C=C[C@@H]1C2. The fourth-order valence-corrected chi connectivity index (χ4v) is 5.00. The van der Waals surface area contributed by atoms with Crippen molar-refractivity contribution in [3.8, 4) is 0 Å². The number of likely N-dealkylation sites (tertiary alicyclic amines) is 1. The van der Waals surface area contributed by atoms with E-state index in [1.807, 2.05) is 23.1 Å². The summed E-state index contributed by atoms with van der Waals surface area (Å²) in [6, 6.07) is 10.5. The minimum atomic E-state index is -1.06. The lowest BCUT2D eigenvalue weighted by molar-refractivity contribution is -0.313. The second-order valence-corrected chi connectivity index (χ2v) is 7.78. The monoisotopic (exact) mass is 338 g/mol. The summed E-state index contributed by atoms with van der Waals surface area (Å²) in [7, 11) is 0. The van der Waals surface area contributed by atoms with E-state index in [9.17, 15) is 14.7 Å². The molecule has 2 aliphatic carbocycles. The quantitative estimate of drug-likeness (QED) is 0.785. The molecule has 4 atom stereocenters. The number of amides is 1. The Kier molecular flexibility index (Phi) is 4.36. The van der Waals surface area contributed by atoms with Crippen LogP contribution in [0.1, 0.15) is 24.8 Å². The molecule has 2 bridgehead atoms. The number of nitrogens with zero attached hydrogens (tertiary/aromatic N) is 1. The van der Waals surface area contributed by atoms with Crippen LogP contribution in [-0.2, 0) is 16.0 Å². The molecule has 0 radical (unpaired) electrons. The maximum atomic E-state index is 13.0. The Morgan fingerprint density at radius 2 is 1.64 bits per heavy atom. The first-order valence-electron chi connectivity index (χ1n) is 9.35. The number of piperidine rings is 1. The van der Waals surface area contributed by atoms with Crippen LogP contribution in [0.25, 0.3) is 0 Å². The average molecular weight is 338 g/mol. The summed E-state index contributed by atoms with van der Waals surface area (Å²) in [6.45, 7) is 1.49. The van der Waals surface area contributed by atoms with Crippen LogP contribution in [0.4, 0.5) is 0 Å². The van der Waals surface area contributed by atoms with Gasteiger partial charge >= 0.3 is 0 Å². The van der Waals surface area contributed by atoms with Crippen molar-refractivity contribution in [2.45, 2.75) is 25.7 Å². The number of hydrogen-bond acceptors (Lipinski definition) is 3. The van der Waals surface area contributed by atoms with E-state index in [2.05, 4.69) is 24.3 Å². The number of carbonyl (C=O) groups is 2. The lowest BCUT2D eigenvalue weighted by Crippen LogP contribution is -2.48. The molecule has 0 spiro atoms. The number of aliphatic carboxylic acids is 1. The van der Waals surface area contributed by atoms with Gasteiger partial charge in [0.15, 0.2) is 0 Å². The average Bonchev–Trinajstić information content (AvgIpc) is 3.24. The van der Waals surface area contributed by atoms with Gasteiger partial charge in [-0.25, -0.2) is 0 Å². The van der Waals surface area contributed by atoms with Crippen molar-refractivity contribution in [2.75, 3.05) is 13.1 Å². The van der Waals surface area contributed by atoms with E-state index in [1.165, 1.54) is 5.56 Å². The summed E-state index contributed by atoms with van der Waals surface area (Å²) in [6.07, 6.45) is 7.83. The van der Waals surface area contributed by atoms with Crippen LogP contribution in [0, 0.1) is 29.6 Å². The first-order valence-corrected chi connectivity index (χ1v) is 9.35. The van der Waals surface area contributed by atoms with Gasteiger partial charge in [-0.05, 0) is 49.0 Å². The lowest BCUT2D eigenvalue weighted by atomic mass is 9.81. The highest BCUT2D eigenvalue weighted by molar-refractivity contribution is 5.86. The van der Waals surface area contributed by atoms with Crippen LogP contribution in [0.3, 0.4) is 0 Å². The molecule has 25 heavy (non-hydrogen) atoms. The second kappa shape index (κ2) is 6.66. The molecular weight excluding hydrogens is 314 g/mol. The van der Waals surface area contributed by atoms with Crippen LogP contribution in [0.15, 0.2) is 42.5 Å². The van der Waals surface area contributed by atoms with Crippen LogP contribution in [0.2, 0.25) is 0 Å². The van der Waals surface area contributed by atoms with Gasteiger partial charge in [0.2, 0.25) is 5.91 Å². The number of carboxylic acids is 1. The maximum Gasteiger partial charge on any atom is 0.226 e. The van der Waals surface area contributed by atoms with Crippen molar-refractivity contribution in [3.63, 3.8) is 0 Å². The second-order valence-electron chi connectivity index (χ2n) is 7.78. The Morgan fingerprint density at radius 3 is 2.28 bits per heavy atom. The summed E-state index contributed by atoms with van der Waals surface area (Å²) in [5.74, 6) is -1.40. The van der Waals surface area contributed by atoms with Crippen molar-refractivity contribution >= 4 is 11.9 Å². The van der Waals surface area contributed by atoms with Gasteiger partial charge < -0.3 is 14.8 Å². The standard InChI is InChI=1S/C21H25NO3/c23-20(18-16-6-7-17(13-16)19(18)21(24)25)22-10-8-15(9-11-22)12-14-4-2-1-3-5-14/h1-7,15-19H,8-13H2,(H,24,25)/p-1/t16-,17-,18-,19+/m1/s1. The molecule has 1 aromatic rings. The molecule has 0 aromatic heterocycles. The first-order chi connectivity index (χ1) is 12.1. The van der Waals surface area contributed by atoms with Crippen molar-refractivity contribution < 1.29 is 14.7 Å². The fourth-order valence-electron chi connectivity index (χ4n) is 5.00. The Hall–Kier alpha value is -2.10. The minimum Gasteiger partial charge on any atom is -0.550 e. The van der Waals surface area contributed by atoms with Gasteiger partial charge in [0.1, 0.15) is 0 Å². The zero-order valence-corrected chi connectivity index (χ0v) is 14.3. The molecule has 0 N–H and O–H groups in total. The topological polar surface area (TPSA) is 60.4 Å². The Bertz CT molecular complexity index is 676. The largest absolute Gasteiger partial charge is 0.550 e. The summed E-state index contributed by atoms with van der Waals surface area (Å²) < 4.78 is 0. The zero-order valence-electron chi connectivity index (χ0n) is 14.3. The maximum absolute atomic E-state index is 13.0. The molecule has 1 heterocycles. The number of hydrogen-bond donors (Lipinski definition) is 0. The molecule has 4 nitrogen and oxygen atoms in total. The van der Waals surface area contributed by atoms with Gasteiger partial charge in [-0.15, -0.1) is 0 Å². The number of allylic oxidation sites excluding steroid dienone is 2. The molecule has 132 valence electrons. The summed E-state index contributed by atoms with van der Waals surface area (Å²) >= 11 is 0. The summed E-state index contributed by atoms with van der Waals surface area (Å²) in [5, 5.41) is 11.5. The Morgan fingerprint density at radius 1 is 1.00 bits per heavy atom. The van der Waals surface area contributed by atoms with Crippen molar-refractivity contribution in [3.05, 3.63) is 48.0 Å². The fraction of sp³-hybridized carbons (Fsp3) is 0.524. The lowest BCUT2D eigenvalue weighted by Gasteiger charge is -2.37. The van der Waals surface area contributed by atoms with Gasteiger partial charge in [0.05, 0.1) is 5.92 Å².